The van der Waals surface area contributed by atoms with Crippen molar-refractivity contribution in [1.29, 1.82) is 0 Å². The van der Waals surface area contributed by atoms with E-state index in [9.17, 15) is 0 Å². The van der Waals surface area contributed by atoms with E-state index in [0.717, 1.165) is 29.1 Å². The molecule has 6 heterocycles. The molecule has 0 unspecified atom stereocenters. The third-order valence-electron chi connectivity index (χ3n) is 21.3. The van der Waals surface area contributed by atoms with Gasteiger partial charge in [0.2, 0.25) is 0 Å². The number of rotatable bonds is 30. The van der Waals surface area contributed by atoms with E-state index in [4.69, 9.17) is 27.7 Å². The Labute approximate surface area is 735 Å². The van der Waals surface area contributed by atoms with E-state index in [-0.39, 0.29) is 0 Å². The molecule has 0 aliphatic carbocycles. The third-order valence-corrected chi connectivity index (χ3v) is 48.2. The molecular formula is C72H132F6N36O6P6. The second kappa shape index (κ2) is 38.6. The normalized spacial score (nSPS) is 14.9. The monoisotopic (exact) mass is 1900 g/mol. The van der Waals surface area contributed by atoms with Gasteiger partial charge in [-0.15, -0.1) is 0 Å². The average Bonchev–Trinajstić information content (AvgIpc) is 1.30. The summed E-state index contributed by atoms with van der Waals surface area (Å²) in [5, 5.41) is 47.6. The van der Waals surface area contributed by atoms with Gasteiger partial charge >= 0.3 is 739 Å². The molecule has 54 heteroatoms. The van der Waals surface area contributed by atoms with Gasteiger partial charge in [0, 0.05) is 0 Å². The van der Waals surface area contributed by atoms with Crippen molar-refractivity contribution in [3.63, 3.8) is 0 Å². The molecule has 0 N–H and O–H groups in total. The molecule has 708 valence electrons. The standard InChI is InChI=1S/6C12H22FN6OP/c6*1-16(2)21(13,17(3)4,18(5)6)20-19-12-10-8-7-9-11(12)14-15-19/h6*7-10H,1-6H3. The molecule has 0 saturated heterocycles. The van der Waals surface area contributed by atoms with Crippen molar-refractivity contribution < 1.29 is 52.9 Å². The topological polar surface area (TPSA) is 298 Å². The molecule has 6 aromatic heterocycles. The van der Waals surface area contributed by atoms with Gasteiger partial charge in [-0.2, -0.15) is 0 Å². The van der Waals surface area contributed by atoms with E-state index < -0.39 is 45.6 Å². The van der Waals surface area contributed by atoms with Crippen LogP contribution < -0.4 is 27.7 Å². The summed E-state index contributed by atoms with van der Waals surface area (Å²) in [7, 11) is 32.5. The van der Waals surface area contributed by atoms with Crippen molar-refractivity contribution in [3.8, 4) is 0 Å². The molecule has 12 aromatic rings. The van der Waals surface area contributed by atoms with Crippen molar-refractivity contribution in [2.45, 2.75) is 0 Å². The summed E-state index contributed by atoms with van der Waals surface area (Å²) in [5.41, 5.74) is 7.63. The van der Waals surface area contributed by atoms with Crippen molar-refractivity contribution in [2.24, 2.45) is 0 Å². The molecular weight excluding hydrogens is 1760 g/mol. The SMILES string of the molecule is CN(C)P(F)(On1nnc2ccccc21)(N(C)C)N(C)C.CN(C)P(F)(On1nnc2ccccc21)(N(C)C)N(C)C.CN(C)P(F)(On1nnc2ccccc21)(N(C)C)N(C)C.CN(C)P(F)(On1nnc2ccccc21)(N(C)C)N(C)C.CN(C)P(F)(On1nnc2ccccc21)(N(C)C)N(C)C.CN(C)P(F)(On1nnc2ccccc21)(N(C)C)N(C)C. The second-order valence-corrected chi connectivity index (χ2v) is 57.4. The van der Waals surface area contributed by atoms with Crippen LogP contribution in [-0.2, 0) is 0 Å². The van der Waals surface area contributed by atoms with Gasteiger partial charge in [-0.25, -0.2) is 0 Å². The number of nitrogens with zero attached hydrogens (tertiary/aromatic N) is 36. The molecule has 0 amide bonds. The zero-order chi connectivity index (χ0) is 95.2. The summed E-state index contributed by atoms with van der Waals surface area (Å²) in [5.74, 6) is 0. The first-order chi connectivity index (χ1) is 58.3. The van der Waals surface area contributed by atoms with Gasteiger partial charge in [0.1, 0.15) is 0 Å². The van der Waals surface area contributed by atoms with Crippen LogP contribution >= 0.6 is 45.6 Å². The maximum absolute atomic E-state index is 16.2. The average molecular weight is 1900 g/mol. The number of halogens is 6. The Morgan fingerprint density at radius 1 is 0.167 bits per heavy atom. The summed E-state index contributed by atoms with van der Waals surface area (Å²) >= 11 is 0. The molecule has 0 aliphatic rings. The van der Waals surface area contributed by atoms with Crippen LogP contribution in [0.1, 0.15) is 0 Å². The van der Waals surface area contributed by atoms with Crippen LogP contribution in [0.4, 0.5) is 25.2 Å². The van der Waals surface area contributed by atoms with Crippen molar-refractivity contribution in [1.82, 2.24) is 175 Å². The zero-order valence-corrected chi connectivity index (χ0v) is 84.7. The minimum absolute atomic E-state index is 0.620. The Hall–Kier alpha value is -8.04. The van der Waals surface area contributed by atoms with E-state index in [0.29, 0.717) is 66.2 Å². The predicted molar refractivity (Wildman–Crippen MR) is 499 cm³/mol. The van der Waals surface area contributed by atoms with E-state index in [1.807, 2.05) is 72.8 Å². The molecule has 0 fully saturated rings. The van der Waals surface area contributed by atoms with Crippen LogP contribution in [-0.4, -0.2) is 429 Å². The summed E-state index contributed by atoms with van der Waals surface area (Å²) in [6.45, 7) is 0. The van der Waals surface area contributed by atoms with Gasteiger partial charge in [0.05, 0.1) is 0 Å². The fourth-order valence-electron chi connectivity index (χ4n) is 14.0. The van der Waals surface area contributed by atoms with E-state index in [1.54, 1.807) is 327 Å². The quantitative estimate of drug-likeness (QED) is 0.0299. The molecule has 42 nitrogen and oxygen atoms in total. The van der Waals surface area contributed by atoms with Crippen LogP contribution in [0.25, 0.3) is 66.2 Å². The van der Waals surface area contributed by atoms with Gasteiger partial charge in [0.25, 0.3) is 0 Å². The van der Waals surface area contributed by atoms with Crippen LogP contribution in [0.5, 0.6) is 0 Å². The van der Waals surface area contributed by atoms with Crippen LogP contribution in [0, 0.1) is 0 Å². The van der Waals surface area contributed by atoms with Crippen LogP contribution in [0.15, 0.2) is 146 Å². The minimum atomic E-state index is -4.48. The Balaban J connectivity index is 0.000000207. The number of hydrogen-bond acceptors (Lipinski definition) is 36. The Morgan fingerprint density at radius 2 is 0.254 bits per heavy atom. The number of para-hydroxylation sites is 6. The molecule has 6 aromatic carbocycles. The number of benzene rings is 6. The van der Waals surface area contributed by atoms with Gasteiger partial charge in [0.15, 0.2) is 0 Å². The van der Waals surface area contributed by atoms with Gasteiger partial charge in [-0.05, 0) is 0 Å². The Kier molecular flexibility index (Phi) is 32.1. The number of aromatic nitrogens is 18. The summed E-state index contributed by atoms with van der Waals surface area (Å²) in [4.78, 5) is 6.96. The summed E-state index contributed by atoms with van der Waals surface area (Å²) < 4.78 is 159. The van der Waals surface area contributed by atoms with Gasteiger partial charge < -0.3 is 0 Å². The first kappa shape index (κ1) is 105. The maximum atomic E-state index is 16.2. The molecule has 126 heavy (non-hydrogen) atoms. The van der Waals surface area contributed by atoms with Crippen LogP contribution in [0.3, 0.4) is 0 Å². The fourth-order valence-corrected chi connectivity index (χ4v) is 31.8. The van der Waals surface area contributed by atoms with Crippen molar-refractivity contribution >= 4 is 112 Å². The molecule has 12 rings (SSSR count). The zero-order valence-electron chi connectivity index (χ0n) is 79.4. The predicted octanol–water partition coefficient (Wildman–Crippen LogP) is 9.86. The molecule has 0 spiro atoms. The van der Waals surface area contributed by atoms with E-state index in [2.05, 4.69) is 61.9 Å². The summed E-state index contributed by atoms with van der Waals surface area (Å²) in [6, 6.07) is 43.6. The van der Waals surface area contributed by atoms with Gasteiger partial charge in [-0.1, -0.05) is 0 Å². The number of fused-ring (bicyclic) bond motifs is 6. The van der Waals surface area contributed by atoms with Crippen molar-refractivity contribution in [3.05, 3.63) is 146 Å². The fraction of sp³-hybridized carbons (Fsp3) is 0.500. The van der Waals surface area contributed by atoms with Gasteiger partial charge in [-0.3, -0.25) is 0 Å². The van der Waals surface area contributed by atoms with E-state index in [1.165, 1.54) is 84.1 Å². The molecule has 0 saturated carbocycles. The molecule has 0 radical (unpaired) electrons. The summed E-state index contributed by atoms with van der Waals surface area (Å²) in [6.07, 6.45) is 0. The molecule has 0 aliphatic heterocycles. The van der Waals surface area contributed by atoms with Crippen molar-refractivity contribution in [2.75, 3.05) is 254 Å². The Bertz CT molecular complexity index is 4580. The van der Waals surface area contributed by atoms with E-state index >= 15 is 25.2 Å². The second-order valence-electron chi connectivity index (χ2n) is 32.3. The number of hydrogen-bond donors (Lipinski definition) is 0. The molecule has 0 bridgehead atoms. The first-order valence-electron chi connectivity index (χ1n) is 39.0. The molecule has 0 atom stereocenters. The third kappa shape index (κ3) is 18.0. The first-order valence-corrected chi connectivity index (χ1v) is 50.4. The van der Waals surface area contributed by atoms with Crippen LogP contribution in [0.2, 0.25) is 0 Å². The Morgan fingerprint density at radius 3 is 0.341 bits per heavy atom.